The molecule has 0 saturated heterocycles. The van der Waals surface area contributed by atoms with Crippen molar-refractivity contribution in [3.63, 3.8) is 0 Å². The molecule has 7 heteroatoms. The molecule has 0 unspecified atom stereocenters. The number of benzene rings is 3. The highest BCUT2D eigenvalue weighted by molar-refractivity contribution is 7.86. The van der Waals surface area contributed by atoms with E-state index in [0.29, 0.717) is 30.9 Å². The van der Waals surface area contributed by atoms with Crippen molar-refractivity contribution in [2.24, 2.45) is 0 Å². The summed E-state index contributed by atoms with van der Waals surface area (Å²) in [4.78, 5) is 0.144. The van der Waals surface area contributed by atoms with Crippen LogP contribution in [-0.2, 0) is 27.3 Å². The average Bonchev–Trinajstić information content (AvgIpc) is 3.18. The van der Waals surface area contributed by atoms with Gasteiger partial charge in [0.25, 0.3) is 10.1 Å². The molecule has 0 aliphatic carbocycles. The smallest absolute Gasteiger partial charge is 0.297 e. The first-order valence-corrected chi connectivity index (χ1v) is 11.7. The van der Waals surface area contributed by atoms with Crippen LogP contribution in [0.2, 0.25) is 0 Å². The number of nitrogens with zero attached hydrogens (tertiary/aromatic N) is 1. The van der Waals surface area contributed by atoms with Crippen LogP contribution < -0.4 is 4.74 Å². The second-order valence-electron chi connectivity index (χ2n) is 7.51. The van der Waals surface area contributed by atoms with Crippen molar-refractivity contribution in [3.05, 3.63) is 95.9 Å². The van der Waals surface area contributed by atoms with Gasteiger partial charge in [-0.3, -0.25) is 4.18 Å². The van der Waals surface area contributed by atoms with E-state index in [-0.39, 0.29) is 17.3 Å². The first kappa shape index (κ1) is 22.0. The Balaban J connectivity index is 1.38. The molecule has 1 heterocycles. The third-order valence-corrected chi connectivity index (χ3v) is 6.55. The maximum atomic E-state index is 13.7. The molecule has 5 nitrogen and oxygen atoms in total. The maximum Gasteiger partial charge on any atom is 0.297 e. The van der Waals surface area contributed by atoms with Gasteiger partial charge in [0.05, 0.1) is 23.6 Å². The molecule has 0 aliphatic heterocycles. The molecule has 0 amide bonds. The number of hydrogen-bond acceptors (Lipinski definition) is 4. The molecule has 4 aromatic rings. The fourth-order valence-corrected chi connectivity index (χ4v) is 4.35. The summed E-state index contributed by atoms with van der Waals surface area (Å²) in [6.45, 7) is 2.63. The quantitative estimate of drug-likeness (QED) is 0.330. The third-order valence-electron chi connectivity index (χ3n) is 5.22. The zero-order valence-corrected chi connectivity index (χ0v) is 18.5. The van der Waals surface area contributed by atoms with Crippen molar-refractivity contribution in [3.8, 4) is 5.75 Å². The van der Waals surface area contributed by atoms with E-state index in [1.54, 1.807) is 42.5 Å². The Hall–Kier alpha value is -3.16. The summed E-state index contributed by atoms with van der Waals surface area (Å²) < 4.78 is 51.4. The van der Waals surface area contributed by atoms with Crippen LogP contribution in [0.3, 0.4) is 0 Å². The molecule has 0 saturated carbocycles. The molecule has 4 rings (SSSR count). The first-order valence-electron chi connectivity index (χ1n) is 10.3. The minimum absolute atomic E-state index is 0.0123. The fraction of sp³-hybridized carbons (Fsp3) is 0.200. The summed E-state index contributed by atoms with van der Waals surface area (Å²) in [7, 11) is -3.80. The van der Waals surface area contributed by atoms with Gasteiger partial charge in [-0.25, -0.2) is 4.39 Å². The number of fused-ring (bicyclic) bond motifs is 1. The summed E-state index contributed by atoms with van der Waals surface area (Å²) in [5.41, 5.74) is 2.50. The lowest BCUT2D eigenvalue weighted by atomic mass is 10.1. The van der Waals surface area contributed by atoms with Crippen LogP contribution in [0.1, 0.15) is 11.1 Å². The van der Waals surface area contributed by atoms with Crippen LogP contribution in [0, 0.1) is 12.7 Å². The van der Waals surface area contributed by atoms with Gasteiger partial charge in [0.1, 0.15) is 11.6 Å². The van der Waals surface area contributed by atoms with E-state index in [1.807, 2.05) is 42.0 Å². The van der Waals surface area contributed by atoms with E-state index in [9.17, 15) is 12.8 Å². The molecule has 166 valence electrons. The van der Waals surface area contributed by atoms with E-state index in [2.05, 4.69) is 0 Å². The topological polar surface area (TPSA) is 57.5 Å². The Kier molecular flexibility index (Phi) is 6.58. The standard InChI is InChI=1S/C25H24FNO4S/c1-19-6-10-23(11-7-19)32(28,29)31-17-15-27-14-12-21-8-9-22(18-25(21)27)30-16-13-20-4-2-3-5-24(20)26/h2-12,14,18H,13,15-17H2,1H3. The lowest BCUT2D eigenvalue weighted by Gasteiger charge is -2.10. The maximum absolute atomic E-state index is 13.7. The highest BCUT2D eigenvalue weighted by Crippen LogP contribution is 2.23. The predicted octanol–water partition coefficient (Wildman–Crippen LogP) is 5.12. The van der Waals surface area contributed by atoms with Crippen molar-refractivity contribution in [2.45, 2.75) is 24.8 Å². The fourth-order valence-electron chi connectivity index (χ4n) is 3.45. The zero-order valence-electron chi connectivity index (χ0n) is 17.7. The first-order chi connectivity index (χ1) is 15.4. The van der Waals surface area contributed by atoms with E-state index in [4.69, 9.17) is 8.92 Å². The predicted molar refractivity (Wildman–Crippen MR) is 122 cm³/mol. The van der Waals surface area contributed by atoms with Gasteiger partial charge in [-0.05, 0) is 54.3 Å². The molecule has 0 bridgehead atoms. The van der Waals surface area contributed by atoms with E-state index in [0.717, 1.165) is 16.5 Å². The van der Waals surface area contributed by atoms with Crippen molar-refractivity contribution >= 4 is 21.0 Å². The molecule has 32 heavy (non-hydrogen) atoms. The minimum Gasteiger partial charge on any atom is -0.493 e. The normalized spacial score (nSPS) is 11.7. The summed E-state index contributed by atoms with van der Waals surface area (Å²) >= 11 is 0. The summed E-state index contributed by atoms with van der Waals surface area (Å²) in [5, 5.41) is 1.01. The molecule has 3 aromatic carbocycles. The van der Waals surface area contributed by atoms with Crippen LogP contribution >= 0.6 is 0 Å². The Morgan fingerprint density at radius 1 is 0.938 bits per heavy atom. The molecule has 0 radical (unpaired) electrons. The molecule has 0 N–H and O–H groups in total. The number of hydrogen-bond donors (Lipinski definition) is 0. The van der Waals surface area contributed by atoms with Gasteiger partial charge in [-0.1, -0.05) is 35.9 Å². The Morgan fingerprint density at radius 3 is 2.50 bits per heavy atom. The zero-order chi connectivity index (χ0) is 22.6. The number of rotatable bonds is 9. The van der Waals surface area contributed by atoms with Gasteiger partial charge >= 0.3 is 0 Å². The summed E-state index contributed by atoms with van der Waals surface area (Å²) in [6.07, 6.45) is 2.35. The van der Waals surface area contributed by atoms with Crippen LogP contribution in [-0.4, -0.2) is 26.2 Å². The summed E-state index contributed by atoms with van der Waals surface area (Å²) in [6, 6.07) is 20.9. The monoisotopic (exact) mass is 453 g/mol. The molecular formula is C25H24FNO4S. The van der Waals surface area contributed by atoms with Crippen LogP contribution in [0.15, 0.2) is 83.9 Å². The van der Waals surface area contributed by atoms with E-state index in [1.165, 1.54) is 6.07 Å². The van der Waals surface area contributed by atoms with Gasteiger partial charge in [0.2, 0.25) is 0 Å². The molecule has 0 fully saturated rings. The van der Waals surface area contributed by atoms with Gasteiger partial charge in [0, 0.05) is 25.2 Å². The molecular weight excluding hydrogens is 429 g/mol. The molecule has 0 aliphatic rings. The second-order valence-corrected chi connectivity index (χ2v) is 9.12. The van der Waals surface area contributed by atoms with Gasteiger partial charge < -0.3 is 9.30 Å². The Labute approximate surface area is 187 Å². The van der Waals surface area contributed by atoms with Crippen molar-refractivity contribution in [2.75, 3.05) is 13.2 Å². The van der Waals surface area contributed by atoms with Crippen molar-refractivity contribution in [1.82, 2.24) is 4.57 Å². The lowest BCUT2D eigenvalue weighted by Crippen LogP contribution is -2.12. The third kappa shape index (κ3) is 5.18. The summed E-state index contributed by atoms with van der Waals surface area (Å²) in [5.74, 6) is 0.433. The van der Waals surface area contributed by atoms with E-state index < -0.39 is 10.1 Å². The number of halogens is 1. The number of aryl methyl sites for hydroxylation is 1. The highest BCUT2D eigenvalue weighted by Gasteiger charge is 2.15. The molecule has 0 spiro atoms. The SMILES string of the molecule is Cc1ccc(S(=O)(=O)OCCn2ccc3ccc(OCCc4ccccc4F)cc32)cc1. The average molecular weight is 454 g/mol. The van der Waals surface area contributed by atoms with Crippen LogP contribution in [0.4, 0.5) is 4.39 Å². The van der Waals surface area contributed by atoms with Gasteiger partial charge in [-0.2, -0.15) is 8.42 Å². The Bertz CT molecular complexity index is 1310. The van der Waals surface area contributed by atoms with E-state index >= 15 is 0 Å². The number of ether oxygens (including phenoxy) is 1. The van der Waals surface area contributed by atoms with Gasteiger partial charge in [0.15, 0.2) is 0 Å². The number of aromatic nitrogens is 1. The second kappa shape index (κ2) is 9.54. The van der Waals surface area contributed by atoms with Crippen LogP contribution in [0.25, 0.3) is 10.9 Å². The van der Waals surface area contributed by atoms with Crippen molar-refractivity contribution < 1.29 is 21.7 Å². The minimum atomic E-state index is -3.80. The highest BCUT2D eigenvalue weighted by atomic mass is 32.2. The van der Waals surface area contributed by atoms with Crippen LogP contribution in [0.5, 0.6) is 5.75 Å². The molecule has 1 aromatic heterocycles. The molecule has 0 atom stereocenters. The van der Waals surface area contributed by atoms with Crippen molar-refractivity contribution in [1.29, 1.82) is 0 Å². The largest absolute Gasteiger partial charge is 0.493 e. The lowest BCUT2D eigenvalue weighted by molar-refractivity contribution is 0.302. The Morgan fingerprint density at radius 2 is 1.72 bits per heavy atom. The van der Waals surface area contributed by atoms with Gasteiger partial charge in [-0.15, -0.1) is 0 Å².